The highest BCUT2D eigenvalue weighted by molar-refractivity contribution is 8.18. The molecular formula is C21H13Cl2NO3S. The van der Waals surface area contributed by atoms with Gasteiger partial charge in [-0.3, -0.25) is 14.5 Å². The maximum absolute atomic E-state index is 12.6. The van der Waals surface area contributed by atoms with Crippen LogP contribution in [0.5, 0.6) is 0 Å². The van der Waals surface area contributed by atoms with Crippen LogP contribution >= 0.6 is 35.0 Å². The third kappa shape index (κ3) is 3.87. The Labute approximate surface area is 175 Å². The predicted molar refractivity (Wildman–Crippen MR) is 112 cm³/mol. The summed E-state index contributed by atoms with van der Waals surface area (Å²) in [7, 11) is 0. The first-order chi connectivity index (χ1) is 13.5. The second-order valence-electron chi connectivity index (χ2n) is 6.08. The summed E-state index contributed by atoms with van der Waals surface area (Å²) in [6.07, 6.45) is 1.58. The smallest absolute Gasteiger partial charge is 0.293 e. The standard InChI is InChI=1S/C21H13Cl2NO3S/c22-14-7-5-13(6-8-14)12-24-20(25)19(28-21(24)26)11-15-9-10-18(27-15)16-3-1-2-4-17(16)23/h1-11H,12H2/b19-11-. The fourth-order valence-electron chi connectivity index (χ4n) is 2.77. The van der Waals surface area contributed by atoms with E-state index < -0.39 is 0 Å². The van der Waals surface area contributed by atoms with Crippen molar-refractivity contribution in [3.8, 4) is 11.3 Å². The van der Waals surface area contributed by atoms with Gasteiger partial charge in [-0.05, 0) is 53.7 Å². The van der Waals surface area contributed by atoms with Crippen molar-refractivity contribution < 1.29 is 14.0 Å². The van der Waals surface area contributed by atoms with Crippen LogP contribution in [0.1, 0.15) is 11.3 Å². The number of thioether (sulfide) groups is 1. The van der Waals surface area contributed by atoms with Crippen molar-refractivity contribution in [1.29, 1.82) is 0 Å². The SMILES string of the molecule is O=C1S/C(=C\c2ccc(-c3ccccc3Cl)o2)C(=O)N1Cc1ccc(Cl)cc1. The number of halogens is 2. The summed E-state index contributed by atoms with van der Waals surface area (Å²) in [5, 5.41) is 0.862. The van der Waals surface area contributed by atoms with Crippen molar-refractivity contribution in [3.63, 3.8) is 0 Å². The van der Waals surface area contributed by atoms with Crippen molar-refractivity contribution in [1.82, 2.24) is 4.90 Å². The van der Waals surface area contributed by atoms with E-state index in [-0.39, 0.29) is 17.7 Å². The zero-order valence-corrected chi connectivity index (χ0v) is 16.7. The van der Waals surface area contributed by atoms with Crippen LogP contribution in [0, 0.1) is 0 Å². The molecule has 0 saturated carbocycles. The highest BCUT2D eigenvalue weighted by Crippen LogP contribution is 2.35. The van der Waals surface area contributed by atoms with Crippen LogP contribution in [0.15, 0.2) is 70.0 Å². The van der Waals surface area contributed by atoms with Crippen LogP contribution in [0.3, 0.4) is 0 Å². The van der Waals surface area contributed by atoms with Gasteiger partial charge in [-0.15, -0.1) is 0 Å². The molecule has 4 rings (SSSR count). The number of carbonyl (C=O) groups is 2. The lowest BCUT2D eigenvalue weighted by molar-refractivity contribution is -0.123. The molecule has 2 amide bonds. The topological polar surface area (TPSA) is 50.5 Å². The van der Waals surface area contributed by atoms with Gasteiger partial charge in [-0.25, -0.2) is 0 Å². The van der Waals surface area contributed by atoms with Crippen LogP contribution in [0.2, 0.25) is 10.0 Å². The third-order valence-electron chi connectivity index (χ3n) is 4.17. The minimum Gasteiger partial charge on any atom is -0.457 e. The average molecular weight is 430 g/mol. The molecule has 7 heteroatoms. The number of imide groups is 1. The Hall–Kier alpha value is -2.47. The number of rotatable bonds is 4. The number of benzene rings is 2. The largest absolute Gasteiger partial charge is 0.457 e. The highest BCUT2D eigenvalue weighted by Gasteiger charge is 2.35. The molecule has 1 aliphatic heterocycles. The molecule has 0 N–H and O–H groups in total. The van der Waals surface area contributed by atoms with E-state index in [1.54, 1.807) is 48.5 Å². The Morgan fingerprint density at radius 2 is 1.71 bits per heavy atom. The normalized spacial score (nSPS) is 15.6. The Morgan fingerprint density at radius 1 is 0.964 bits per heavy atom. The quantitative estimate of drug-likeness (QED) is 0.444. The van der Waals surface area contributed by atoms with E-state index in [4.69, 9.17) is 27.6 Å². The molecule has 1 aliphatic rings. The van der Waals surface area contributed by atoms with Gasteiger partial charge in [0.15, 0.2) is 0 Å². The Bertz CT molecular complexity index is 1090. The molecule has 1 aromatic heterocycles. The molecule has 0 radical (unpaired) electrons. The van der Waals surface area contributed by atoms with Gasteiger partial charge in [0, 0.05) is 16.7 Å². The summed E-state index contributed by atoms with van der Waals surface area (Å²) in [4.78, 5) is 26.5. The van der Waals surface area contributed by atoms with Crippen LogP contribution < -0.4 is 0 Å². The number of hydrogen-bond acceptors (Lipinski definition) is 4. The van der Waals surface area contributed by atoms with E-state index in [1.165, 1.54) is 4.90 Å². The summed E-state index contributed by atoms with van der Waals surface area (Å²) in [6, 6.07) is 17.9. The van der Waals surface area contributed by atoms with Crippen molar-refractivity contribution in [2.75, 3.05) is 0 Å². The number of nitrogens with zero attached hydrogens (tertiary/aromatic N) is 1. The highest BCUT2D eigenvalue weighted by atomic mass is 35.5. The van der Waals surface area contributed by atoms with Gasteiger partial charge >= 0.3 is 0 Å². The van der Waals surface area contributed by atoms with Crippen molar-refractivity contribution in [2.45, 2.75) is 6.54 Å². The van der Waals surface area contributed by atoms with E-state index in [9.17, 15) is 9.59 Å². The lowest BCUT2D eigenvalue weighted by Crippen LogP contribution is -2.27. The van der Waals surface area contributed by atoms with Crippen LogP contribution in [-0.2, 0) is 11.3 Å². The molecular weight excluding hydrogens is 417 g/mol. The van der Waals surface area contributed by atoms with Crippen molar-refractivity contribution >= 4 is 52.2 Å². The fraction of sp³-hybridized carbons (Fsp3) is 0.0476. The van der Waals surface area contributed by atoms with Crippen molar-refractivity contribution in [3.05, 3.63) is 86.9 Å². The number of carbonyl (C=O) groups excluding carboxylic acids is 2. The molecule has 2 heterocycles. The summed E-state index contributed by atoms with van der Waals surface area (Å²) < 4.78 is 5.79. The number of hydrogen-bond donors (Lipinski definition) is 0. The van der Waals surface area contributed by atoms with Gasteiger partial charge in [0.25, 0.3) is 11.1 Å². The fourth-order valence-corrected chi connectivity index (χ4v) is 3.95. The summed E-state index contributed by atoms with van der Waals surface area (Å²) in [5.41, 5.74) is 1.59. The summed E-state index contributed by atoms with van der Waals surface area (Å²) in [5.74, 6) is 0.727. The van der Waals surface area contributed by atoms with E-state index in [0.717, 1.165) is 22.9 Å². The van der Waals surface area contributed by atoms with Gasteiger partial charge < -0.3 is 4.42 Å². The van der Waals surface area contributed by atoms with E-state index in [2.05, 4.69) is 0 Å². The number of amides is 2. The Balaban J connectivity index is 1.54. The summed E-state index contributed by atoms with van der Waals surface area (Å²) in [6.45, 7) is 0.197. The molecule has 3 aromatic rings. The van der Waals surface area contributed by atoms with E-state index in [1.807, 2.05) is 18.2 Å². The van der Waals surface area contributed by atoms with E-state index >= 15 is 0 Å². The maximum Gasteiger partial charge on any atom is 0.293 e. The predicted octanol–water partition coefficient (Wildman–Crippen LogP) is 6.49. The first-order valence-corrected chi connectivity index (χ1v) is 9.93. The van der Waals surface area contributed by atoms with Gasteiger partial charge in [-0.1, -0.05) is 47.5 Å². The molecule has 1 saturated heterocycles. The molecule has 0 atom stereocenters. The van der Waals surface area contributed by atoms with Gasteiger partial charge in [0.05, 0.1) is 16.5 Å². The third-order valence-corrected chi connectivity index (χ3v) is 5.66. The molecule has 1 fully saturated rings. The molecule has 0 bridgehead atoms. The lowest BCUT2D eigenvalue weighted by atomic mass is 10.2. The second kappa shape index (κ2) is 7.87. The van der Waals surface area contributed by atoms with Gasteiger partial charge in [0.2, 0.25) is 0 Å². The van der Waals surface area contributed by atoms with Gasteiger partial charge in [-0.2, -0.15) is 0 Å². The van der Waals surface area contributed by atoms with Crippen LogP contribution in [0.25, 0.3) is 17.4 Å². The second-order valence-corrected chi connectivity index (χ2v) is 7.91. The van der Waals surface area contributed by atoms with Crippen LogP contribution in [0.4, 0.5) is 4.79 Å². The Kier molecular flexibility index (Phi) is 5.31. The lowest BCUT2D eigenvalue weighted by Gasteiger charge is -2.12. The molecule has 4 nitrogen and oxygen atoms in total. The summed E-state index contributed by atoms with van der Waals surface area (Å²) >= 11 is 13.0. The minimum atomic E-state index is -0.347. The average Bonchev–Trinajstić information content (AvgIpc) is 3.24. The zero-order valence-electron chi connectivity index (χ0n) is 14.4. The maximum atomic E-state index is 12.6. The Morgan fingerprint density at radius 3 is 2.46 bits per heavy atom. The molecule has 2 aromatic carbocycles. The van der Waals surface area contributed by atoms with Gasteiger partial charge in [0.1, 0.15) is 11.5 Å². The number of furan rings is 1. The monoisotopic (exact) mass is 429 g/mol. The first kappa shape index (κ1) is 18.9. The zero-order chi connectivity index (χ0) is 19.7. The minimum absolute atomic E-state index is 0.197. The van der Waals surface area contributed by atoms with E-state index in [0.29, 0.717) is 26.5 Å². The molecule has 28 heavy (non-hydrogen) atoms. The molecule has 0 spiro atoms. The first-order valence-electron chi connectivity index (χ1n) is 8.36. The molecule has 140 valence electrons. The molecule has 0 aliphatic carbocycles. The molecule has 0 unspecified atom stereocenters. The van der Waals surface area contributed by atoms with Crippen molar-refractivity contribution in [2.24, 2.45) is 0 Å². The van der Waals surface area contributed by atoms with Crippen LogP contribution in [-0.4, -0.2) is 16.0 Å².